The second-order valence-electron chi connectivity index (χ2n) is 11.5. The maximum Gasteiger partial charge on any atom is 0.416 e. The van der Waals surface area contributed by atoms with Gasteiger partial charge in [0.1, 0.15) is 0 Å². The van der Waals surface area contributed by atoms with Crippen LogP contribution in [-0.4, -0.2) is 50.2 Å². The van der Waals surface area contributed by atoms with Gasteiger partial charge in [-0.25, -0.2) is 8.42 Å². The lowest BCUT2D eigenvalue weighted by Gasteiger charge is -2.41. The molecule has 2 aliphatic rings. The van der Waals surface area contributed by atoms with Crippen LogP contribution in [0.3, 0.4) is 0 Å². The summed E-state index contributed by atoms with van der Waals surface area (Å²) in [6.45, 7) is 0.154. The van der Waals surface area contributed by atoms with Gasteiger partial charge in [-0.05, 0) is 81.8 Å². The number of amides is 1. The summed E-state index contributed by atoms with van der Waals surface area (Å²) in [6.07, 6.45) is 1.41. The number of hydrogen-bond donors (Lipinski definition) is 1. The number of sulfonamides is 1. The van der Waals surface area contributed by atoms with Gasteiger partial charge in [-0.1, -0.05) is 55.7 Å². The Labute approximate surface area is 235 Å². The summed E-state index contributed by atoms with van der Waals surface area (Å²) < 4.78 is 68.4. The van der Waals surface area contributed by atoms with Crippen LogP contribution in [0.1, 0.15) is 68.5 Å². The summed E-state index contributed by atoms with van der Waals surface area (Å²) in [7, 11) is -0.0682. The van der Waals surface area contributed by atoms with Crippen molar-refractivity contribution in [1.29, 1.82) is 0 Å². The van der Waals surface area contributed by atoms with Gasteiger partial charge in [-0.3, -0.25) is 4.79 Å². The smallest absolute Gasteiger partial charge is 0.369 e. The van der Waals surface area contributed by atoms with Crippen molar-refractivity contribution in [2.24, 2.45) is 23.5 Å². The number of benzene rings is 2. The molecule has 0 radical (unpaired) electrons. The van der Waals surface area contributed by atoms with Gasteiger partial charge in [0.05, 0.1) is 16.4 Å². The first-order valence-electron chi connectivity index (χ1n) is 14.1. The Kier molecular flexibility index (Phi) is 9.62. The molecule has 2 aromatic rings. The van der Waals surface area contributed by atoms with Crippen LogP contribution < -0.4 is 5.73 Å². The van der Waals surface area contributed by atoms with Crippen LogP contribution in [0.5, 0.6) is 0 Å². The molecule has 1 saturated carbocycles. The molecule has 40 heavy (non-hydrogen) atoms. The predicted molar refractivity (Wildman–Crippen MR) is 149 cm³/mol. The molecule has 0 spiro atoms. The van der Waals surface area contributed by atoms with Gasteiger partial charge in [0.25, 0.3) is 0 Å². The number of nitrogens with two attached hydrogens (primary N) is 1. The SMILES string of the molecule is CN(C)C(c1ccccc1)C1CCC(CC(C(N)=O)C2CCCCN2S(=O)(=O)c2cccc(C(F)(F)F)c2)CC1. The van der Waals surface area contributed by atoms with E-state index in [4.69, 9.17) is 5.73 Å². The summed E-state index contributed by atoms with van der Waals surface area (Å²) >= 11 is 0. The van der Waals surface area contributed by atoms with Crippen LogP contribution in [-0.2, 0) is 21.0 Å². The van der Waals surface area contributed by atoms with Crippen molar-refractivity contribution in [3.8, 4) is 0 Å². The van der Waals surface area contributed by atoms with E-state index in [1.54, 1.807) is 0 Å². The number of alkyl halides is 3. The Morgan fingerprint density at radius 3 is 2.27 bits per heavy atom. The molecule has 1 aliphatic carbocycles. The van der Waals surface area contributed by atoms with E-state index < -0.39 is 44.5 Å². The van der Waals surface area contributed by atoms with E-state index in [0.717, 1.165) is 44.2 Å². The highest BCUT2D eigenvalue weighted by molar-refractivity contribution is 7.89. The number of hydrogen-bond acceptors (Lipinski definition) is 4. The number of piperidine rings is 1. The fourth-order valence-electron chi connectivity index (χ4n) is 6.80. The molecule has 0 aromatic heterocycles. The number of carbonyl (C=O) groups is 1. The zero-order chi connectivity index (χ0) is 29.1. The Morgan fingerprint density at radius 1 is 1.00 bits per heavy atom. The van der Waals surface area contributed by atoms with Crippen molar-refractivity contribution in [2.75, 3.05) is 20.6 Å². The third-order valence-electron chi connectivity index (χ3n) is 8.72. The molecular formula is C30H40F3N3O3S. The van der Waals surface area contributed by atoms with Gasteiger partial charge in [-0.15, -0.1) is 0 Å². The van der Waals surface area contributed by atoms with Crippen LogP contribution in [0, 0.1) is 17.8 Å². The Hall–Kier alpha value is -2.43. The molecule has 0 bridgehead atoms. The molecule has 3 atom stereocenters. The molecule has 1 heterocycles. The van der Waals surface area contributed by atoms with Gasteiger partial charge in [0.15, 0.2) is 0 Å². The van der Waals surface area contributed by atoms with Crippen molar-refractivity contribution >= 4 is 15.9 Å². The lowest BCUT2D eigenvalue weighted by Crippen LogP contribution is -2.51. The van der Waals surface area contributed by atoms with E-state index in [0.29, 0.717) is 37.3 Å². The van der Waals surface area contributed by atoms with Crippen LogP contribution in [0.2, 0.25) is 0 Å². The van der Waals surface area contributed by atoms with Crippen LogP contribution in [0.15, 0.2) is 59.5 Å². The Balaban J connectivity index is 1.50. The van der Waals surface area contributed by atoms with Gasteiger partial charge < -0.3 is 10.6 Å². The number of halogens is 3. The standard InChI is InChI=1S/C30H40F3N3O3S/c1-35(2)28(22-9-4-3-5-10-22)23-16-14-21(15-17-23)19-26(29(34)37)27-13-6-7-18-36(27)40(38,39)25-12-8-11-24(20-25)30(31,32)33/h3-5,8-12,20-21,23,26-28H,6-7,13-19H2,1-2H3,(H2,34,37). The van der Waals surface area contributed by atoms with E-state index in [9.17, 15) is 26.4 Å². The summed E-state index contributed by atoms with van der Waals surface area (Å²) in [5.41, 5.74) is 6.15. The van der Waals surface area contributed by atoms with Crippen molar-refractivity contribution in [1.82, 2.24) is 9.21 Å². The molecule has 1 amide bonds. The van der Waals surface area contributed by atoms with Crippen molar-refractivity contribution in [3.05, 3.63) is 65.7 Å². The first-order valence-corrected chi connectivity index (χ1v) is 15.5. The quantitative estimate of drug-likeness (QED) is 0.404. The van der Waals surface area contributed by atoms with E-state index >= 15 is 0 Å². The summed E-state index contributed by atoms with van der Waals surface area (Å²) in [5.74, 6) is -0.546. The van der Waals surface area contributed by atoms with Gasteiger partial charge in [-0.2, -0.15) is 17.5 Å². The zero-order valence-electron chi connectivity index (χ0n) is 23.2. The topological polar surface area (TPSA) is 83.7 Å². The number of nitrogens with zero attached hydrogens (tertiary/aromatic N) is 2. The number of primary amides is 1. The van der Waals surface area contributed by atoms with E-state index in [-0.39, 0.29) is 12.5 Å². The largest absolute Gasteiger partial charge is 0.416 e. The summed E-state index contributed by atoms with van der Waals surface area (Å²) in [5, 5.41) is 0. The summed E-state index contributed by atoms with van der Waals surface area (Å²) in [4.78, 5) is 14.6. The highest BCUT2D eigenvalue weighted by Crippen LogP contribution is 2.42. The highest BCUT2D eigenvalue weighted by atomic mass is 32.2. The van der Waals surface area contributed by atoms with Gasteiger partial charge >= 0.3 is 6.18 Å². The van der Waals surface area contributed by atoms with Crippen LogP contribution in [0.25, 0.3) is 0 Å². The van der Waals surface area contributed by atoms with Gasteiger partial charge in [0, 0.05) is 18.6 Å². The van der Waals surface area contributed by atoms with Crippen molar-refractivity contribution in [3.63, 3.8) is 0 Å². The molecule has 1 aliphatic heterocycles. The summed E-state index contributed by atoms with van der Waals surface area (Å²) in [6, 6.07) is 13.9. The zero-order valence-corrected chi connectivity index (χ0v) is 24.0. The molecule has 6 nitrogen and oxygen atoms in total. The minimum Gasteiger partial charge on any atom is -0.369 e. The normalized spacial score (nSPS) is 24.5. The van der Waals surface area contributed by atoms with Crippen molar-refractivity contribution in [2.45, 2.75) is 74.5 Å². The third-order valence-corrected chi connectivity index (χ3v) is 10.6. The molecule has 220 valence electrons. The first-order chi connectivity index (χ1) is 18.9. The fraction of sp³-hybridized carbons (Fsp3) is 0.567. The van der Waals surface area contributed by atoms with Crippen LogP contribution >= 0.6 is 0 Å². The molecule has 1 saturated heterocycles. The molecule has 2 aromatic carbocycles. The maximum atomic E-state index is 13.6. The lowest BCUT2D eigenvalue weighted by molar-refractivity contribution is -0.137. The molecule has 2 N–H and O–H groups in total. The van der Waals surface area contributed by atoms with Crippen molar-refractivity contribution < 1.29 is 26.4 Å². The van der Waals surface area contributed by atoms with E-state index in [1.165, 1.54) is 15.9 Å². The molecule has 2 fully saturated rings. The lowest BCUT2D eigenvalue weighted by atomic mass is 9.72. The van der Waals surface area contributed by atoms with E-state index in [2.05, 4.69) is 43.3 Å². The second kappa shape index (κ2) is 12.6. The average Bonchev–Trinajstić information content (AvgIpc) is 2.92. The molecular weight excluding hydrogens is 539 g/mol. The molecule has 3 unspecified atom stereocenters. The Bertz CT molecular complexity index is 1250. The first kappa shape index (κ1) is 30.5. The number of rotatable bonds is 9. The molecule has 10 heteroatoms. The maximum absolute atomic E-state index is 13.6. The fourth-order valence-corrected chi connectivity index (χ4v) is 8.58. The Morgan fingerprint density at radius 2 is 1.68 bits per heavy atom. The van der Waals surface area contributed by atoms with Gasteiger partial charge in [0.2, 0.25) is 15.9 Å². The monoisotopic (exact) mass is 579 g/mol. The third kappa shape index (κ3) is 6.89. The highest BCUT2D eigenvalue weighted by Gasteiger charge is 2.42. The van der Waals surface area contributed by atoms with Crippen LogP contribution in [0.4, 0.5) is 13.2 Å². The molecule has 4 rings (SSSR count). The predicted octanol–water partition coefficient (Wildman–Crippen LogP) is 5.85. The minimum absolute atomic E-state index is 0.154. The van der Waals surface area contributed by atoms with E-state index in [1.807, 2.05) is 6.07 Å². The average molecular weight is 580 g/mol. The minimum atomic E-state index is -4.66. The number of carbonyl (C=O) groups excluding carboxylic acids is 1. The second-order valence-corrected chi connectivity index (χ2v) is 13.4.